The Labute approximate surface area is 141 Å². The number of para-hydroxylation sites is 1. The van der Waals surface area contributed by atoms with Crippen LogP contribution in [0.4, 0.5) is 5.69 Å². The number of carbonyl (C=O) groups is 1. The summed E-state index contributed by atoms with van der Waals surface area (Å²) in [7, 11) is 1.95. The Morgan fingerprint density at radius 1 is 1.35 bits per heavy atom. The molecule has 1 aromatic heterocycles. The first-order valence-electron chi connectivity index (χ1n) is 7.91. The largest absolute Gasteiger partial charge is 0.309 e. The second kappa shape index (κ2) is 6.35. The van der Waals surface area contributed by atoms with E-state index in [2.05, 4.69) is 37.0 Å². The molecule has 0 spiro atoms. The lowest BCUT2D eigenvalue weighted by molar-refractivity contribution is -0.116. The van der Waals surface area contributed by atoms with Crippen LogP contribution in [-0.2, 0) is 18.3 Å². The Hall–Kier alpha value is -1.82. The maximum Gasteiger partial charge on any atom is 0.237 e. The zero-order valence-corrected chi connectivity index (χ0v) is 14.8. The van der Waals surface area contributed by atoms with Crippen molar-refractivity contribution >= 4 is 23.4 Å². The van der Waals surface area contributed by atoms with Crippen molar-refractivity contribution in [3.8, 4) is 0 Å². The highest BCUT2D eigenvalue weighted by Crippen LogP contribution is 2.32. The van der Waals surface area contributed by atoms with Gasteiger partial charge in [-0.2, -0.15) is 0 Å². The van der Waals surface area contributed by atoms with Gasteiger partial charge in [-0.15, -0.1) is 10.2 Å². The highest BCUT2D eigenvalue weighted by Gasteiger charge is 2.30. The van der Waals surface area contributed by atoms with Gasteiger partial charge in [0, 0.05) is 24.7 Å². The average Bonchev–Trinajstić information content (AvgIpc) is 3.04. The first-order chi connectivity index (χ1) is 11.0. The third-order valence-corrected chi connectivity index (χ3v) is 5.19. The molecular weight excluding hydrogens is 308 g/mol. The molecule has 0 unspecified atom stereocenters. The van der Waals surface area contributed by atoms with Crippen molar-refractivity contribution in [2.45, 2.75) is 44.3 Å². The summed E-state index contributed by atoms with van der Waals surface area (Å²) in [6.07, 6.45) is 0.925. The molecule has 1 aliphatic rings. The highest BCUT2D eigenvalue weighted by atomic mass is 32.2. The number of thioether (sulfide) groups is 1. The molecule has 1 amide bonds. The molecule has 0 fully saturated rings. The first kappa shape index (κ1) is 16.1. The normalized spacial score (nSPS) is 16.9. The number of hydrogen-bond acceptors (Lipinski definition) is 4. The molecular formula is C17H22N4OS. The second-order valence-corrected chi connectivity index (χ2v) is 7.23. The molecule has 0 N–H and O–H groups in total. The van der Waals surface area contributed by atoms with Crippen LogP contribution in [0.1, 0.15) is 38.1 Å². The fraction of sp³-hybridized carbons (Fsp3) is 0.471. The van der Waals surface area contributed by atoms with Crippen LogP contribution in [0.15, 0.2) is 29.4 Å². The van der Waals surface area contributed by atoms with Crippen LogP contribution in [0.25, 0.3) is 0 Å². The van der Waals surface area contributed by atoms with Crippen molar-refractivity contribution in [2.75, 3.05) is 10.7 Å². The molecule has 6 heteroatoms. The number of carbonyl (C=O) groups excluding carboxylic acids is 1. The van der Waals surface area contributed by atoms with E-state index >= 15 is 0 Å². The van der Waals surface area contributed by atoms with Gasteiger partial charge in [-0.25, -0.2) is 0 Å². The summed E-state index contributed by atoms with van der Waals surface area (Å²) >= 11 is 1.46. The predicted molar refractivity (Wildman–Crippen MR) is 92.9 cm³/mol. The number of benzene rings is 1. The minimum atomic E-state index is 0.126. The highest BCUT2D eigenvalue weighted by molar-refractivity contribution is 7.99. The van der Waals surface area contributed by atoms with E-state index < -0.39 is 0 Å². The number of nitrogens with zero attached hydrogens (tertiary/aromatic N) is 4. The molecule has 0 bridgehead atoms. The van der Waals surface area contributed by atoms with E-state index in [4.69, 9.17) is 0 Å². The van der Waals surface area contributed by atoms with Gasteiger partial charge < -0.3 is 9.47 Å². The van der Waals surface area contributed by atoms with Crippen molar-refractivity contribution in [1.29, 1.82) is 0 Å². The quantitative estimate of drug-likeness (QED) is 0.809. The molecule has 122 valence electrons. The van der Waals surface area contributed by atoms with Crippen LogP contribution in [0.5, 0.6) is 0 Å². The summed E-state index contributed by atoms with van der Waals surface area (Å²) in [6.45, 7) is 6.28. The lowest BCUT2D eigenvalue weighted by Crippen LogP contribution is -2.37. The molecule has 2 aromatic rings. The van der Waals surface area contributed by atoms with Gasteiger partial charge in [-0.05, 0) is 25.0 Å². The van der Waals surface area contributed by atoms with E-state index in [9.17, 15) is 4.79 Å². The molecule has 0 saturated heterocycles. The monoisotopic (exact) mass is 330 g/mol. The fourth-order valence-electron chi connectivity index (χ4n) is 3.10. The van der Waals surface area contributed by atoms with Gasteiger partial charge >= 0.3 is 0 Å². The Bertz CT molecular complexity index is 725. The summed E-state index contributed by atoms with van der Waals surface area (Å²) < 4.78 is 1.98. The van der Waals surface area contributed by atoms with Crippen LogP contribution >= 0.6 is 11.8 Å². The third kappa shape index (κ3) is 3.00. The van der Waals surface area contributed by atoms with E-state index in [1.807, 2.05) is 34.7 Å². The Kier molecular flexibility index (Phi) is 4.43. The van der Waals surface area contributed by atoms with E-state index in [-0.39, 0.29) is 11.9 Å². The van der Waals surface area contributed by atoms with E-state index in [1.54, 1.807) is 0 Å². The van der Waals surface area contributed by atoms with E-state index in [0.717, 1.165) is 23.1 Å². The summed E-state index contributed by atoms with van der Waals surface area (Å²) in [5, 5.41) is 9.21. The summed E-state index contributed by atoms with van der Waals surface area (Å²) in [4.78, 5) is 14.6. The van der Waals surface area contributed by atoms with Crippen molar-refractivity contribution in [1.82, 2.24) is 14.8 Å². The molecule has 5 nitrogen and oxygen atoms in total. The van der Waals surface area contributed by atoms with Crippen molar-refractivity contribution in [2.24, 2.45) is 7.05 Å². The number of hydrogen-bond donors (Lipinski definition) is 0. The molecule has 2 heterocycles. The standard InChI is InChI=1S/C17H22N4OS/c1-11(2)16-18-19-17(20(16)4)23-10-15(22)21-12(3)9-13-7-5-6-8-14(13)21/h5-8,11-12H,9-10H2,1-4H3/t12-/m0/s1. The van der Waals surface area contributed by atoms with Gasteiger partial charge in [0.15, 0.2) is 5.16 Å². The predicted octanol–water partition coefficient (Wildman–Crippen LogP) is 3.01. The Morgan fingerprint density at radius 3 is 2.78 bits per heavy atom. The molecule has 0 aliphatic carbocycles. The molecule has 23 heavy (non-hydrogen) atoms. The summed E-state index contributed by atoms with van der Waals surface area (Å²) in [6, 6.07) is 8.36. The SMILES string of the molecule is CC(C)c1nnc(SCC(=O)N2c3ccccc3C[C@@H]2C)n1C. The number of aromatic nitrogens is 3. The minimum Gasteiger partial charge on any atom is -0.309 e. The Morgan fingerprint density at radius 2 is 2.09 bits per heavy atom. The molecule has 0 saturated carbocycles. The second-order valence-electron chi connectivity index (χ2n) is 6.29. The van der Waals surface area contributed by atoms with Gasteiger partial charge in [-0.3, -0.25) is 4.79 Å². The number of rotatable bonds is 4. The topological polar surface area (TPSA) is 51.0 Å². The van der Waals surface area contributed by atoms with Crippen LogP contribution in [-0.4, -0.2) is 32.5 Å². The zero-order valence-electron chi connectivity index (χ0n) is 14.0. The molecule has 1 aromatic carbocycles. The van der Waals surface area contributed by atoms with Gasteiger partial charge in [0.2, 0.25) is 5.91 Å². The molecule has 0 radical (unpaired) electrons. The Balaban J connectivity index is 1.71. The summed E-state index contributed by atoms with van der Waals surface area (Å²) in [5.74, 6) is 1.77. The van der Waals surface area contributed by atoms with Crippen LogP contribution < -0.4 is 4.90 Å². The zero-order chi connectivity index (χ0) is 16.6. The maximum atomic E-state index is 12.7. The number of amides is 1. The minimum absolute atomic E-state index is 0.126. The smallest absolute Gasteiger partial charge is 0.237 e. The van der Waals surface area contributed by atoms with E-state index in [0.29, 0.717) is 11.7 Å². The fourth-order valence-corrected chi connectivity index (χ4v) is 3.87. The lowest BCUT2D eigenvalue weighted by Gasteiger charge is -2.22. The number of fused-ring (bicyclic) bond motifs is 1. The van der Waals surface area contributed by atoms with Crippen LogP contribution in [0, 0.1) is 0 Å². The average molecular weight is 330 g/mol. The molecule has 1 aliphatic heterocycles. The summed E-state index contributed by atoms with van der Waals surface area (Å²) in [5.41, 5.74) is 2.30. The van der Waals surface area contributed by atoms with Gasteiger partial charge in [-0.1, -0.05) is 43.8 Å². The number of anilines is 1. The first-order valence-corrected chi connectivity index (χ1v) is 8.89. The maximum absolute atomic E-state index is 12.7. The molecule has 1 atom stereocenters. The van der Waals surface area contributed by atoms with Crippen molar-refractivity contribution in [3.05, 3.63) is 35.7 Å². The van der Waals surface area contributed by atoms with E-state index in [1.165, 1.54) is 17.3 Å². The van der Waals surface area contributed by atoms with Gasteiger partial charge in [0.1, 0.15) is 5.82 Å². The van der Waals surface area contributed by atoms with Gasteiger partial charge in [0.25, 0.3) is 0 Å². The van der Waals surface area contributed by atoms with Crippen molar-refractivity contribution < 1.29 is 4.79 Å². The van der Waals surface area contributed by atoms with Crippen LogP contribution in [0.2, 0.25) is 0 Å². The van der Waals surface area contributed by atoms with Crippen LogP contribution in [0.3, 0.4) is 0 Å². The third-order valence-electron chi connectivity index (χ3n) is 4.19. The van der Waals surface area contributed by atoms with Crippen molar-refractivity contribution in [3.63, 3.8) is 0 Å². The lowest BCUT2D eigenvalue weighted by atomic mass is 10.1. The molecule has 3 rings (SSSR count). The van der Waals surface area contributed by atoms with Gasteiger partial charge in [0.05, 0.1) is 5.75 Å².